The average Bonchev–Trinajstić information content (AvgIpc) is 3.53. The predicted octanol–water partition coefficient (Wildman–Crippen LogP) is 4.01. The number of carbonyl (C=O) groups excluding carboxylic acids is 2. The van der Waals surface area contributed by atoms with Gasteiger partial charge >= 0.3 is 0 Å². The van der Waals surface area contributed by atoms with Gasteiger partial charge in [0.25, 0.3) is 5.91 Å². The Morgan fingerprint density at radius 3 is 2.61 bits per heavy atom. The lowest BCUT2D eigenvalue weighted by atomic mass is 10.1. The van der Waals surface area contributed by atoms with Gasteiger partial charge in [-0.25, -0.2) is 0 Å². The van der Waals surface area contributed by atoms with Crippen LogP contribution < -0.4 is 15.4 Å². The zero-order valence-corrected chi connectivity index (χ0v) is 16.3. The summed E-state index contributed by atoms with van der Waals surface area (Å²) < 4.78 is 11.0. The van der Waals surface area contributed by atoms with Crippen molar-refractivity contribution in [1.29, 1.82) is 0 Å². The van der Waals surface area contributed by atoms with Crippen LogP contribution >= 0.6 is 0 Å². The van der Waals surface area contributed by atoms with Crippen molar-refractivity contribution in [2.45, 2.75) is 26.7 Å². The molecule has 0 heterocycles. The molecule has 148 valence electrons. The van der Waals surface area contributed by atoms with Gasteiger partial charge in [0.1, 0.15) is 12.4 Å². The van der Waals surface area contributed by atoms with Crippen LogP contribution in [0, 0.1) is 12.8 Å². The standard InChI is InChI=1S/C22H26N2O4/c1-3-27-12-13-28-20-7-5-4-6-18(20)22(26)23-17-11-8-15(2)19(14-17)24-21(25)16-9-10-16/h4-8,11,14,16H,3,9-10,12-13H2,1-2H3,(H,23,26)(H,24,25). The summed E-state index contributed by atoms with van der Waals surface area (Å²) in [5, 5.41) is 5.83. The number of anilines is 2. The van der Waals surface area contributed by atoms with Gasteiger partial charge in [-0.1, -0.05) is 18.2 Å². The molecule has 2 aromatic rings. The fourth-order valence-electron chi connectivity index (χ4n) is 2.75. The summed E-state index contributed by atoms with van der Waals surface area (Å²) in [6.45, 7) is 5.31. The highest BCUT2D eigenvalue weighted by atomic mass is 16.5. The van der Waals surface area contributed by atoms with Gasteiger partial charge in [0.15, 0.2) is 0 Å². The Morgan fingerprint density at radius 1 is 1.07 bits per heavy atom. The highest BCUT2D eigenvalue weighted by Gasteiger charge is 2.29. The fourth-order valence-corrected chi connectivity index (χ4v) is 2.75. The molecule has 0 bridgehead atoms. The van der Waals surface area contributed by atoms with Crippen molar-refractivity contribution < 1.29 is 19.1 Å². The second-order valence-electron chi connectivity index (χ2n) is 6.79. The third-order valence-corrected chi connectivity index (χ3v) is 4.52. The SMILES string of the molecule is CCOCCOc1ccccc1C(=O)Nc1ccc(C)c(NC(=O)C2CC2)c1. The first-order valence-corrected chi connectivity index (χ1v) is 9.61. The molecule has 1 aliphatic carbocycles. The molecular weight excluding hydrogens is 356 g/mol. The summed E-state index contributed by atoms with van der Waals surface area (Å²) >= 11 is 0. The van der Waals surface area contributed by atoms with E-state index < -0.39 is 0 Å². The van der Waals surface area contributed by atoms with E-state index in [0.717, 1.165) is 24.1 Å². The molecule has 3 rings (SSSR count). The van der Waals surface area contributed by atoms with Gasteiger partial charge < -0.3 is 20.1 Å². The van der Waals surface area contributed by atoms with E-state index in [9.17, 15) is 9.59 Å². The molecule has 28 heavy (non-hydrogen) atoms. The van der Waals surface area contributed by atoms with Gasteiger partial charge in [-0.15, -0.1) is 0 Å². The number of aryl methyl sites for hydroxylation is 1. The van der Waals surface area contributed by atoms with Crippen LogP contribution in [0.1, 0.15) is 35.7 Å². The smallest absolute Gasteiger partial charge is 0.259 e. The zero-order valence-electron chi connectivity index (χ0n) is 16.3. The lowest BCUT2D eigenvalue weighted by Crippen LogP contribution is -2.16. The van der Waals surface area contributed by atoms with E-state index in [-0.39, 0.29) is 17.7 Å². The first-order chi connectivity index (χ1) is 13.6. The van der Waals surface area contributed by atoms with Gasteiger partial charge in [-0.3, -0.25) is 9.59 Å². The Morgan fingerprint density at radius 2 is 1.86 bits per heavy atom. The van der Waals surface area contributed by atoms with E-state index in [1.807, 2.05) is 32.0 Å². The Bertz CT molecular complexity index is 846. The van der Waals surface area contributed by atoms with Crippen LogP contribution in [0.15, 0.2) is 42.5 Å². The summed E-state index contributed by atoms with van der Waals surface area (Å²) in [6.07, 6.45) is 1.89. The Kier molecular flexibility index (Phi) is 6.66. The first-order valence-electron chi connectivity index (χ1n) is 9.61. The van der Waals surface area contributed by atoms with Gasteiger partial charge in [0.05, 0.1) is 12.2 Å². The van der Waals surface area contributed by atoms with E-state index in [4.69, 9.17) is 9.47 Å². The molecule has 2 N–H and O–H groups in total. The number of ether oxygens (including phenoxy) is 2. The molecule has 0 spiro atoms. The van der Waals surface area contributed by atoms with Crippen molar-refractivity contribution in [3.63, 3.8) is 0 Å². The maximum Gasteiger partial charge on any atom is 0.259 e. The summed E-state index contributed by atoms with van der Waals surface area (Å²) in [5.74, 6) is 0.405. The maximum absolute atomic E-state index is 12.8. The number of carbonyl (C=O) groups is 2. The minimum Gasteiger partial charge on any atom is -0.490 e. The van der Waals surface area contributed by atoms with Crippen LogP contribution in [0.3, 0.4) is 0 Å². The molecule has 6 heteroatoms. The van der Waals surface area contributed by atoms with Gasteiger partial charge in [0.2, 0.25) is 5.91 Å². The molecule has 0 atom stereocenters. The van der Waals surface area contributed by atoms with Gasteiger partial charge in [-0.05, 0) is 56.5 Å². The fraction of sp³-hybridized carbons (Fsp3) is 0.364. The first kappa shape index (κ1) is 19.9. The van der Waals surface area contributed by atoms with Crippen LogP contribution in [-0.2, 0) is 9.53 Å². The molecule has 2 amide bonds. The number of amides is 2. The number of hydrogen-bond donors (Lipinski definition) is 2. The van der Waals surface area contributed by atoms with E-state index in [2.05, 4.69) is 10.6 Å². The van der Waals surface area contributed by atoms with Crippen molar-refractivity contribution in [3.05, 3.63) is 53.6 Å². The quantitative estimate of drug-likeness (QED) is 0.643. The van der Waals surface area contributed by atoms with Crippen LogP contribution in [0.5, 0.6) is 5.75 Å². The van der Waals surface area contributed by atoms with E-state index in [0.29, 0.717) is 36.8 Å². The summed E-state index contributed by atoms with van der Waals surface area (Å²) in [4.78, 5) is 24.8. The lowest BCUT2D eigenvalue weighted by Gasteiger charge is -2.13. The Balaban J connectivity index is 1.68. The van der Waals surface area contributed by atoms with Crippen LogP contribution in [0.2, 0.25) is 0 Å². The van der Waals surface area contributed by atoms with Crippen molar-refractivity contribution in [1.82, 2.24) is 0 Å². The molecule has 0 radical (unpaired) electrons. The molecule has 1 saturated carbocycles. The molecule has 0 aromatic heterocycles. The second-order valence-corrected chi connectivity index (χ2v) is 6.79. The Hall–Kier alpha value is -2.86. The molecule has 1 aliphatic rings. The van der Waals surface area contributed by atoms with E-state index >= 15 is 0 Å². The van der Waals surface area contributed by atoms with Crippen LogP contribution in [0.25, 0.3) is 0 Å². The minimum atomic E-state index is -0.268. The van der Waals surface area contributed by atoms with Crippen molar-refractivity contribution in [2.24, 2.45) is 5.92 Å². The molecule has 0 saturated heterocycles. The third kappa shape index (κ3) is 5.33. The zero-order chi connectivity index (χ0) is 19.9. The van der Waals surface area contributed by atoms with Crippen molar-refractivity contribution in [3.8, 4) is 5.75 Å². The lowest BCUT2D eigenvalue weighted by molar-refractivity contribution is -0.117. The van der Waals surface area contributed by atoms with Crippen LogP contribution in [0.4, 0.5) is 11.4 Å². The largest absolute Gasteiger partial charge is 0.490 e. The molecule has 6 nitrogen and oxygen atoms in total. The normalized spacial score (nSPS) is 13.1. The topological polar surface area (TPSA) is 76.7 Å². The monoisotopic (exact) mass is 382 g/mol. The van der Waals surface area contributed by atoms with Gasteiger partial charge in [0, 0.05) is 23.9 Å². The Labute approximate surface area is 165 Å². The molecular formula is C22H26N2O4. The second kappa shape index (κ2) is 9.37. The van der Waals surface area contributed by atoms with Crippen molar-refractivity contribution in [2.75, 3.05) is 30.5 Å². The van der Waals surface area contributed by atoms with Crippen LogP contribution in [-0.4, -0.2) is 31.6 Å². The third-order valence-electron chi connectivity index (χ3n) is 4.52. The minimum absolute atomic E-state index is 0.0413. The molecule has 2 aromatic carbocycles. The number of nitrogens with one attached hydrogen (secondary N) is 2. The highest BCUT2D eigenvalue weighted by Crippen LogP contribution is 2.31. The summed E-state index contributed by atoms with van der Waals surface area (Å²) in [7, 11) is 0. The number of para-hydroxylation sites is 1. The molecule has 0 aliphatic heterocycles. The summed E-state index contributed by atoms with van der Waals surface area (Å²) in [6, 6.07) is 12.6. The molecule has 1 fully saturated rings. The van der Waals surface area contributed by atoms with E-state index in [1.165, 1.54) is 0 Å². The van der Waals surface area contributed by atoms with Crippen molar-refractivity contribution >= 4 is 23.2 Å². The number of hydrogen-bond acceptors (Lipinski definition) is 4. The maximum atomic E-state index is 12.8. The highest BCUT2D eigenvalue weighted by molar-refractivity contribution is 6.06. The number of benzene rings is 2. The predicted molar refractivity (Wildman–Crippen MR) is 109 cm³/mol. The average molecular weight is 382 g/mol. The van der Waals surface area contributed by atoms with Gasteiger partial charge in [-0.2, -0.15) is 0 Å². The van der Waals surface area contributed by atoms with E-state index in [1.54, 1.807) is 24.3 Å². The summed E-state index contributed by atoms with van der Waals surface area (Å²) in [5.41, 5.74) is 2.73. The number of rotatable bonds is 9. The molecule has 0 unspecified atom stereocenters.